The van der Waals surface area contributed by atoms with Gasteiger partial charge < -0.3 is 9.72 Å². The molecule has 3 heterocycles. The van der Waals surface area contributed by atoms with E-state index in [1.54, 1.807) is 24.0 Å². The van der Waals surface area contributed by atoms with Gasteiger partial charge in [0.15, 0.2) is 5.65 Å². The fraction of sp³-hybridized carbons (Fsp3) is 0.238. The smallest absolute Gasteiger partial charge is 0.325 e. The first kappa shape index (κ1) is 17.4. The number of imidazole rings is 1. The van der Waals surface area contributed by atoms with Crippen molar-refractivity contribution in [3.8, 4) is 17.0 Å². The zero-order valence-electron chi connectivity index (χ0n) is 16.0. The summed E-state index contributed by atoms with van der Waals surface area (Å²) in [6, 6.07) is 8.21. The van der Waals surface area contributed by atoms with E-state index in [4.69, 9.17) is 4.74 Å². The lowest BCUT2D eigenvalue weighted by Crippen LogP contribution is -2.23. The lowest BCUT2D eigenvalue weighted by Gasteiger charge is -2.09. The van der Waals surface area contributed by atoms with Crippen LogP contribution in [0.15, 0.2) is 52.4 Å². The Balaban J connectivity index is 1.58. The Bertz CT molecular complexity index is 1350. The van der Waals surface area contributed by atoms with Crippen molar-refractivity contribution in [2.45, 2.75) is 25.2 Å². The van der Waals surface area contributed by atoms with Crippen molar-refractivity contribution in [2.75, 3.05) is 7.11 Å². The van der Waals surface area contributed by atoms with Crippen molar-refractivity contribution in [3.05, 3.63) is 80.4 Å². The highest BCUT2D eigenvalue weighted by molar-refractivity contribution is 5.63. The Hall–Kier alpha value is -3.68. The van der Waals surface area contributed by atoms with Crippen molar-refractivity contribution in [2.24, 2.45) is 0 Å². The number of aryl methyl sites for hydroxylation is 1. The van der Waals surface area contributed by atoms with E-state index in [2.05, 4.69) is 38.2 Å². The van der Waals surface area contributed by atoms with Crippen LogP contribution in [-0.2, 0) is 0 Å². The number of rotatable bonds is 4. The maximum Gasteiger partial charge on any atom is 0.325 e. The lowest BCUT2D eigenvalue weighted by atomic mass is 10.0. The van der Waals surface area contributed by atoms with E-state index in [-0.39, 0.29) is 5.92 Å². The van der Waals surface area contributed by atoms with Gasteiger partial charge in [-0.25, -0.2) is 14.3 Å². The van der Waals surface area contributed by atoms with Gasteiger partial charge in [0.2, 0.25) is 0 Å². The van der Waals surface area contributed by atoms with Crippen molar-refractivity contribution in [3.63, 3.8) is 0 Å². The van der Waals surface area contributed by atoms with Gasteiger partial charge in [-0.15, -0.1) is 0 Å². The number of benzene rings is 1. The number of fused-ring (bicyclic) bond motifs is 1. The van der Waals surface area contributed by atoms with E-state index >= 15 is 0 Å². The molecule has 8 heteroatoms. The third-order valence-electron chi connectivity index (χ3n) is 5.53. The highest BCUT2D eigenvalue weighted by Gasteiger charge is 2.41. The van der Waals surface area contributed by atoms with Crippen molar-refractivity contribution >= 4 is 5.65 Å². The number of aromatic nitrogens is 5. The molecule has 5 rings (SSSR count). The van der Waals surface area contributed by atoms with Gasteiger partial charge in [-0.1, -0.05) is 12.1 Å². The predicted octanol–water partition coefficient (Wildman–Crippen LogP) is 2.36. The maximum atomic E-state index is 12.2. The summed E-state index contributed by atoms with van der Waals surface area (Å²) < 4.78 is 7.15. The fourth-order valence-corrected chi connectivity index (χ4v) is 3.92. The summed E-state index contributed by atoms with van der Waals surface area (Å²) in [5, 5.41) is 4.50. The summed E-state index contributed by atoms with van der Waals surface area (Å²) in [4.78, 5) is 32.8. The lowest BCUT2D eigenvalue weighted by molar-refractivity contribution is 0.411. The van der Waals surface area contributed by atoms with E-state index in [0.29, 0.717) is 17.2 Å². The Morgan fingerprint density at radius 3 is 2.86 bits per heavy atom. The summed E-state index contributed by atoms with van der Waals surface area (Å²) in [6.07, 6.45) is 5.83. The summed E-state index contributed by atoms with van der Waals surface area (Å²) in [5.41, 5.74) is 3.94. The van der Waals surface area contributed by atoms with Gasteiger partial charge in [-0.05, 0) is 48.4 Å². The Labute approximate surface area is 165 Å². The second-order valence-corrected chi connectivity index (χ2v) is 7.34. The average Bonchev–Trinajstić information content (AvgIpc) is 3.36. The van der Waals surface area contributed by atoms with Crippen LogP contribution in [0.3, 0.4) is 0 Å². The predicted molar refractivity (Wildman–Crippen MR) is 107 cm³/mol. The molecule has 8 nitrogen and oxygen atoms in total. The van der Waals surface area contributed by atoms with Crippen LogP contribution in [0.25, 0.3) is 16.9 Å². The first-order valence-electron chi connectivity index (χ1n) is 9.36. The number of hydrogen-bond donors (Lipinski definition) is 2. The number of aromatic amines is 2. The molecule has 1 aliphatic rings. The number of hydrogen-bond acceptors (Lipinski definition) is 5. The van der Waals surface area contributed by atoms with E-state index in [1.807, 2.05) is 13.0 Å². The molecule has 2 atom stereocenters. The minimum absolute atomic E-state index is 0.274. The van der Waals surface area contributed by atoms with E-state index < -0.39 is 11.2 Å². The number of nitrogens with zero attached hydrogens (tertiary/aromatic N) is 3. The number of methoxy groups -OCH3 is 1. The molecule has 29 heavy (non-hydrogen) atoms. The fourth-order valence-electron chi connectivity index (χ4n) is 3.92. The van der Waals surface area contributed by atoms with Crippen LogP contribution >= 0.6 is 0 Å². The first-order chi connectivity index (χ1) is 14.0. The van der Waals surface area contributed by atoms with Gasteiger partial charge >= 0.3 is 5.69 Å². The van der Waals surface area contributed by atoms with E-state index in [9.17, 15) is 9.59 Å². The molecule has 0 aliphatic heterocycles. The summed E-state index contributed by atoms with van der Waals surface area (Å²) >= 11 is 0. The molecule has 0 bridgehead atoms. The Kier molecular flexibility index (Phi) is 3.87. The second-order valence-electron chi connectivity index (χ2n) is 7.34. The minimum Gasteiger partial charge on any atom is -0.496 e. The molecular weight excluding hydrogens is 370 g/mol. The maximum absolute atomic E-state index is 12.2. The molecule has 3 aromatic heterocycles. The molecule has 0 radical (unpaired) electrons. The van der Waals surface area contributed by atoms with Crippen LogP contribution in [0.1, 0.15) is 34.9 Å². The highest BCUT2D eigenvalue weighted by atomic mass is 16.5. The molecule has 4 aromatic rings. The van der Waals surface area contributed by atoms with Gasteiger partial charge in [-0.2, -0.15) is 5.10 Å². The molecule has 0 saturated heterocycles. The van der Waals surface area contributed by atoms with Crippen LogP contribution in [-0.4, -0.2) is 31.7 Å². The molecule has 1 aliphatic carbocycles. The molecule has 1 saturated carbocycles. The molecule has 1 aromatic carbocycles. The summed E-state index contributed by atoms with van der Waals surface area (Å²) in [6.45, 7) is 2.03. The van der Waals surface area contributed by atoms with Crippen LogP contribution in [0.5, 0.6) is 5.75 Å². The topological polar surface area (TPSA) is 105 Å². The summed E-state index contributed by atoms with van der Waals surface area (Å²) in [7, 11) is 1.68. The van der Waals surface area contributed by atoms with Gasteiger partial charge in [-0.3, -0.25) is 9.78 Å². The van der Waals surface area contributed by atoms with Crippen LogP contribution in [0.2, 0.25) is 0 Å². The van der Waals surface area contributed by atoms with Crippen molar-refractivity contribution in [1.29, 1.82) is 0 Å². The van der Waals surface area contributed by atoms with Crippen LogP contribution in [0.4, 0.5) is 0 Å². The molecule has 0 unspecified atom stereocenters. The molecule has 0 spiro atoms. The molecule has 0 amide bonds. The quantitative estimate of drug-likeness (QED) is 0.557. The van der Waals surface area contributed by atoms with Gasteiger partial charge in [0.05, 0.1) is 18.4 Å². The Morgan fingerprint density at radius 1 is 1.21 bits per heavy atom. The number of ether oxygens (including phenoxy) is 1. The molecular formula is C21H19N5O3. The van der Waals surface area contributed by atoms with Gasteiger partial charge in [0, 0.05) is 24.2 Å². The van der Waals surface area contributed by atoms with Crippen LogP contribution in [0, 0.1) is 6.92 Å². The number of nitrogens with one attached hydrogen (secondary N) is 2. The standard InChI is InChI=1S/C21H19N5O3/c1-11-3-4-12(7-18(11)29-2)13-8-14(13)15-9-17(25-26-6-5-22-19(15)26)16-10-23-21(28)24-20(16)27/h3-7,9-10,13-14H,8H2,1-2H3,(H2,23,24,27,28)/t13-,14+/m1/s1. The minimum atomic E-state index is -0.543. The monoisotopic (exact) mass is 389 g/mol. The Morgan fingerprint density at radius 2 is 2.07 bits per heavy atom. The largest absolute Gasteiger partial charge is 0.496 e. The first-order valence-corrected chi connectivity index (χ1v) is 9.36. The highest BCUT2D eigenvalue weighted by Crippen LogP contribution is 2.56. The third kappa shape index (κ3) is 2.93. The van der Waals surface area contributed by atoms with Gasteiger partial charge in [0.25, 0.3) is 5.56 Å². The molecule has 2 N–H and O–H groups in total. The number of H-pyrrole nitrogens is 2. The molecule has 1 fully saturated rings. The normalized spacial score (nSPS) is 18.1. The van der Waals surface area contributed by atoms with Crippen LogP contribution < -0.4 is 16.0 Å². The van der Waals surface area contributed by atoms with Crippen molar-refractivity contribution < 1.29 is 4.74 Å². The van der Waals surface area contributed by atoms with E-state index in [0.717, 1.165) is 28.9 Å². The zero-order valence-corrected chi connectivity index (χ0v) is 16.0. The van der Waals surface area contributed by atoms with Crippen molar-refractivity contribution in [1.82, 2.24) is 24.6 Å². The molecule has 146 valence electrons. The van der Waals surface area contributed by atoms with Gasteiger partial charge in [0.1, 0.15) is 5.75 Å². The second kappa shape index (κ2) is 6.44. The zero-order chi connectivity index (χ0) is 20.1. The third-order valence-corrected chi connectivity index (χ3v) is 5.53. The summed E-state index contributed by atoms with van der Waals surface area (Å²) in [5.74, 6) is 1.51. The van der Waals surface area contributed by atoms with E-state index in [1.165, 1.54) is 11.8 Å². The average molecular weight is 389 g/mol. The SMILES string of the molecule is COc1cc([C@H]2C[C@@H]2c2cc(-c3c[nH]c(=O)[nH]c3=O)nn3ccnc23)ccc1C.